The van der Waals surface area contributed by atoms with Crippen molar-refractivity contribution in [2.24, 2.45) is 0 Å². The number of carbonyl (C=O) groups is 2. The van der Waals surface area contributed by atoms with Crippen molar-refractivity contribution < 1.29 is 14.7 Å². The summed E-state index contributed by atoms with van der Waals surface area (Å²) in [5.41, 5.74) is 0.913. The maximum absolute atomic E-state index is 11.4. The Morgan fingerprint density at radius 3 is 2.86 bits per heavy atom. The predicted molar refractivity (Wildman–Crippen MR) is 50.8 cm³/mol. The summed E-state index contributed by atoms with van der Waals surface area (Å²) >= 11 is 5.86. The fraction of sp³-hybridized carbons (Fsp3) is 0.200. The van der Waals surface area contributed by atoms with Crippen LogP contribution in [0.1, 0.15) is 28.3 Å². The Kier molecular flexibility index (Phi) is 2.04. The van der Waals surface area contributed by atoms with Crippen LogP contribution in [0.15, 0.2) is 18.2 Å². The Bertz CT molecular complexity index is 425. The van der Waals surface area contributed by atoms with E-state index in [0.29, 0.717) is 16.1 Å². The molecule has 0 amide bonds. The van der Waals surface area contributed by atoms with Gasteiger partial charge < -0.3 is 5.11 Å². The van der Waals surface area contributed by atoms with Gasteiger partial charge in [-0.1, -0.05) is 23.7 Å². The van der Waals surface area contributed by atoms with Crippen LogP contribution in [0.4, 0.5) is 0 Å². The molecule has 3 nitrogen and oxygen atoms in total. The minimum absolute atomic E-state index is 0.0222. The first-order valence-corrected chi connectivity index (χ1v) is 4.53. The molecule has 1 unspecified atom stereocenters. The second kappa shape index (κ2) is 3.10. The van der Waals surface area contributed by atoms with E-state index in [-0.39, 0.29) is 12.2 Å². The minimum Gasteiger partial charge on any atom is -0.481 e. The molecule has 0 saturated carbocycles. The second-order valence-electron chi connectivity index (χ2n) is 3.22. The Hall–Kier alpha value is -1.35. The van der Waals surface area contributed by atoms with Crippen molar-refractivity contribution in [3.8, 4) is 0 Å². The van der Waals surface area contributed by atoms with E-state index < -0.39 is 11.9 Å². The summed E-state index contributed by atoms with van der Waals surface area (Å²) in [7, 11) is 0. The van der Waals surface area contributed by atoms with E-state index in [1.165, 1.54) is 0 Å². The molecule has 0 saturated heterocycles. The molecule has 0 fully saturated rings. The smallest absolute Gasteiger partial charge is 0.311 e. The largest absolute Gasteiger partial charge is 0.481 e. The van der Waals surface area contributed by atoms with Gasteiger partial charge in [0.15, 0.2) is 5.78 Å². The van der Waals surface area contributed by atoms with Gasteiger partial charge in [0.25, 0.3) is 0 Å². The van der Waals surface area contributed by atoms with Gasteiger partial charge in [-0.2, -0.15) is 0 Å². The first-order chi connectivity index (χ1) is 6.61. The fourth-order valence-corrected chi connectivity index (χ4v) is 2.05. The van der Waals surface area contributed by atoms with Crippen LogP contribution in [-0.2, 0) is 4.79 Å². The first-order valence-electron chi connectivity index (χ1n) is 4.15. The van der Waals surface area contributed by atoms with Crippen molar-refractivity contribution in [2.45, 2.75) is 12.3 Å². The first kappa shape index (κ1) is 9.21. The topological polar surface area (TPSA) is 54.4 Å². The van der Waals surface area contributed by atoms with Crippen LogP contribution in [0.25, 0.3) is 0 Å². The zero-order chi connectivity index (χ0) is 10.3. The predicted octanol–water partition coefficient (Wildman–Crippen LogP) is 2.09. The molecule has 1 aliphatic rings. The van der Waals surface area contributed by atoms with Crippen molar-refractivity contribution >= 4 is 23.4 Å². The van der Waals surface area contributed by atoms with E-state index in [1.54, 1.807) is 18.2 Å². The van der Waals surface area contributed by atoms with Crippen molar-refractivity contribution in [3.63, 3.8) is 0 Å². The third kappa shape index (κ3) is 1.21. The molecule has 0 radical (unpaired) electrons. The molecule has 1 N–H and O–H groups in total. The molecule has 14 heavy (non-hydrogen) atoms. The molecule has 0 aliphatic heterocycles. The summed E-state index contributed by atoms with van der Waals surface area (Å²) in [5, 5.41) is 9.25. The van der Waals surface area contributed by atoms with Gasteiger partial charge in [0, 0.05) is 17.0 Å². The molecular weight excluding hydrogens is 204 g/mol. The molecule has 0 aromatic heterocycles. The summed E-state index contributed by atoms with van der Waals surface area (Å²) in [6, 6.07) is 4.88. The zero-order valence-corrected chi connectivity index (χ0v) is 7.91. The van der Waals surface area contributed by atoms with E-state index >= 15 is 0 Å². The summed E-state index contributed by atoms with van der Waals surface area (Å²) in [6.45, 7) is 0. The quantitative estimate of drug-likeness (QED) is 0.772. The van der Waals surface area contributed by atoms with Gasteiger partial charge in [-0.05, 0) is 11.6 Å². The molecule has 1 aromatic carbocycles. The zero-order valence-electron chi connectivity index (χ0n) is 7.16. The van der Waals surface area contributed by atoms with Gasteiger partial charge in [-0.3, -0.25) is 9.59 Å². The monoisotopic (exact) mass is 210 g/mol. The van der Waals surface area contributed by atoms with E-state index in [2.05, 4.69) is 0 Å². The number of rotatable bonds is 1. The minimum atomic E-state index is -0.995. The third-order valence-corrected chi connectivity index (χ3v) is 2.72. The summed E-state index contributed by atoms with van der Waals surface area (Å²) < 4.78 is 0. The lowest BCUT2D eigenvalue weighted by molar-refractivity contribution is -0.138. The summed E-state index contributed by atoms with van der Waals surface area (Å²) in [4.78, 5) is 22.3. The molecule has 0 heterocycles. The molecule has 2 rings (SSSR count). The van der Waals surface area contributed by atoms with E-state index in [1.807, 2.05) is 0 Å². The Morgan fingerprint density at radius 1 is 1.50 bits per heavy atom. The molecule has 0 bridgehead atoms. The number of hydrogen-bond donors (Lipinski definition) is 1. The number of carboxylic acids is 1. The number of aliphatic carboxylic acids is 1. The number of halogens is 1. The van der Waals surface area contributed by atoms with Crippen LogP contribution in [0, 0.1) is 0 Å². The average Bonchev–Trinajstić information content (AvgIpc) is 2.46. The van der Waals surface area contributed by atoms with Crippen molar-refractivity contribution in [1.82, 2.24) is 0 Å². The second-order valence-corrected chi connectivity index (χ2v) is 3.63. The van der Waals surface area contributed by atoms with Gasteiger partial charge >= 0.3 is 5.97 Å². The van der Waals surface area contributed by atoms with Gasteiger partial charge in [-0.25, -0.2) is 0 Å². The normalized spacial score (nSPS) is 19.5. The summed E-state index contributed by atoms with van der Waals surface area (Å²) in [5.74, 6) is -1.91. The van der Waals surface area contributed by atoms with Crippen molar-refractivity contribution in [1.29, 1.82) is 0 Å². The lowest BCUT2D eigenvalue weighted by atomic mass is 10.0. The number of Topliss-reactive ketones (excluding diaryl/α,β-unsaturated/α-hetero) is 1. The Morgan fingerprint density at radius 2 is 2.21 bits per heavy atom. The van der Waals surface area contributed by atoms with E-state index in [0.717, 1.165) is 0 Å². The molecule has 0 spiro atoms. The highest BCUT2D eigenvalue weighted by molar-refractivity contribution is 6.32. The maximum atomic E-state index is 11.4. The number of fused-ring (bicyclic) bond motifs is 1. The SMILES string of the molecule is O=C1CC(C(=O)O)c2c(Cl)cccc21. The van der Waals surface area contributed by atoms with Crippen LogP contribution in [0.2, 0.25) is 5.02 Å². The molecule has 72 valence electrons. The Labute approximate surface area is 85.3 Å². The molecular formula is C10H7ClO3. The van der Waals surface area contributed by atoms with Crippen LogP contribution in [0.3, 0.4) is 0 Å². The number of carbonyl (C=O) groups excluding carboxylic acids is 1. The number of carboxylic acid groups (broad SMARTS) is 1. The van der Waals surface area contributed by atoms with Gasteiger partial charge in [0.2, 0.25) is 0 Å². The highest BCUT2D eigenvalue weighted by atomic mass is 35.5. The highest BCUT2D eigenvalue weighted by Gasteiger charge is 2.35. The number of hydrogen-bond acceptors (Lipinski definition) is 2. The average molecular weight is 211 g/mol. The third-order valence-electron chi connectivity index (χ3n) is 2.39. The van der Waals surface area contributed by atoms with Crippen LogP contribution in [0.5, 0.6) is 0 Å². The van der Waals surface area contributed by atoms with Gasteiger partial charge in [0.1, 0.15) is 0 Å². The van der Waals surface area contributed by atoms with Crippen molar-refractivity contribution in [2.75, 3.05) is 0 Å². The summed E-state index contributed by atoms with van der Waals surface area (Å²) in [6.07, 6.45) is 0.0222. The molecule has 1 aliphatic carbocycles. The van der Waals surface area contributed by atoms with Crippen LogP contribution in [-0.4, -0.2) is 16.9 Å². The lowest BCUT2D eigenvalue weighted by Crippen LogP contribution is -2.08. The van der Waals surface area contributed by atoms with Crippen molar-refractivity contribution in [3.05, 3.63) is 34.3 Å². The Balaban J connectivity index is 2.62. The standard InChI is InChI=1S/C10H7ClO3/c11-7-3-1-2-5-8(12)4-6(9(5)7)10(13)14/h1-3,6H,4H2,(H,13,14). The van der Waals surface area contributed by atoms with E-state index in [4.69, 9.17) is 16.7 Å². The van der Waals surface area contributed by atoms with Gasteiger partial charge in [-0.15, -0.1) is 0 Å². The fourth-order valence-electron chi connectivity index (χ4n) is 1.74. The van der Waals surface area contributed by atoms with Gasteiger partial charge in [0.05, 0.1) is 5.92 Å². The molecule has 4 heteroatoms. The highest BCUT2D eigenvalue weighted by Crippen LogP contribution is 2.37. The number of ketones is 1. The molecule has 1 atom stereocenters. The number of benzene rings is 1. The maximum Gasteiger partial charge on any atom is 0.311 e. The lowest BCUT2D eigenvalue weighted by Gasteiger charge is -2.05. The molecule has 1 aromatic rings. The van der Waals surface area contributed by atoms with E-state index in [9.17, 15) is 9.59 Å². The van der Waals surface area contributed by atoms with Crippen LogP contribution < -0.4 is 0 Å². The van der Waals surface area contributed by atoms with Crippen LogP contribution >= 0.6 is 11.6 Å².